The molecule has 1 aromatic heterocycles. The standard InChI is InChI=1S/C27H25N3O5S2/c31-19(29-13-7-2-8-14-29)15-35-18-12-6-5-11-17(18)20-21-23(36-24-22(20)37-27(34)28-24)26(33)30(25(21)32)16-9-3-1-4-10-16/h1,3-6,9-12,20-21,23H,2,7-8,13-15H2,(H,28,34). The Morgan fingerprint density at radius 1 is 0.946 bits per heavy atom. The van der Waals surface area contributed by atoms with E-state index in [9.17, 15) is 19.2 Å². The van der Waals surface area contributed by atoms with Crippen molar-refractivity contribution in [3.8, 4) is 5.75 Å². The van der Waals surface area contributed by atoms with Crippen LogP contribution in [0.15, 0.2) is 64.4 Å². The number of ether oxygens (including phenoxy) is 1. The third-order valence-electron chi connectivity index (χ3n) is 7.15. The van der Waals surface area contributed by atoms with Crippen molar-refractivity contribution in [1.82, 2.24) is 9.88 Å². The van der Waals surface area contributed by atoms with Gasteiger partial charge in [-0.05, 0) is 37.5 Å². The van der Waals surface area contributed by atoms with Crippen LogP contribution in [0.25, 0.3) is 0 Å². The van der Waals surface area contributed by atoms with Crippen LogP contribution < -0.4 is 14.5 Å². The summed E-state index contributed by atoms with van der Waals surface area (Å²) in [6.07, 6.45) is 3.12. The second kappa shape index (κ2) is 9.83. The number of nitrogens with one attached hydrogen (secondary N) is 1. The van der Waals surface area contributed by atoms with Crippen LogP contribution in [-0.2, 0) is 14.4 Å². The number of rotatable bonds is 5. The molecule has 190 valence electrons. The van der Waals surface area contributed by atoms with Crippen LogP contribution in [0.4, 0.5) is 5.69 Å². The number of nitrogens with zero attached hydrogens (tertiary/aromatic N) is 2. The molecule has 8 nitrogen and oxygen atoms in total. The lowest BCUT2D eigenvalue weighted by molar-refractivity contribution is -0.134. The zero-order valence-electron chi connectivity index (χ0n) is 19.9. The van der Waals surface area contributed by atoms with Gasteiger partial charge in [-0.25, -0.2) is 4.90 Å². The van der Waals surface area contributed by atoms with Gasteiger partial charge in [0.2, 0.25) is 11.8 Å². The van der Waals surface area contributed by atoms with Crippen molar-refractivity contribution in [2.24, 2.45) is 5.92 Å². The lowest BCUT2D eigenvalue weighted by Crippen LogP contribution is -2.38. The number of amides is 3. The van der Waals surface area contributed by atoms with E-state index < -0.39 is 17.1 Å². The van der Waals surface area contributed by atoms with Crippen molar-refractivity contribution in [1.29, 1.82) is 0 Å². The highest BCUT2D eigenvalue weighted by Gasteiger charge is 2.56. The Kier molecular flexibility index (Phi) is 6.37. The number of H-pyrrole nitrogens is 1. The number of benzene rings is 2. The van der Waals surface area contributed by atoms with Gasteiger partial charge in [-0.2, -0.15) is 0 Å². The van der Waals surface area contributed by atoms with Crippen LogP contribution >= 0.6 is 23.1 Å². The zero-order chi connectivity index (χ0) is 25.5. The van der Waals surface area contributed by atoms with Crippen molar-refractivity contribution >= 4 is 46.5 Å². The molecule has 3 amide bonds. The average Bonchev–Trinajstić information content (AvgIpc) is 3.42. The summed E-state index contributed by atoms with van der Waals surface area (Å²) in [7, 11) is 0. The summed E-state index contributed by atoms with van der Waals surface area (Å²) < 4.78 is 6.06. The molecule has 2 saturated heterocycles. The van der Waals surface area contributed by atoms with Crippen molar-refractivity contribution in [2.75, 3.05) is 24.6 Å². The Morgan fingerprint density at radius 2 is 1.68 bits per heavy atom. The number of piperidine rings is 1. The predicted molar refractivity (Wildman–Crippen MR) is 141 cm³/mol. The molecule has 4 heterocycles. The number of aromatic nitrogens is 1. The Hall–Kier alpha value is -3.37. The third kappa shape index (κ3) is 4.27. The number of anilines is 1. The summed E-state index contributed by atoms with van der Waals surface area (Å²) in [6.45, 7) is 1.37. The highest BCUT2D eigenvalue weighted by atomic mass is 32.2. The Morgan fingerprint density at radius 3 is 2.46 bits per heavy atom. The van der Waals surface area contributed by atoms with Gasteiger partial charge in [0.1, 0.15) is 11.0 Å². The molecule has 0 spiro atoms. The van der Waals surface area contributed by atoms with E-state index in [1.807, 2.05) is 29.2 Å². The minimum atomic E-state index is -0.709. The molecule has 2 aromatic carbocycles. The van der Waals surface area contributed by atoms with E-state index in [1.165, 1.54) is 16.7 Å². The van der Waals surface area contributed by atoms with Crippen molar-refractivity contribution in [3.63, 3.8) is 0 Å². The lowest BCUT2D eigenvalue weighted by Gasteiger charge is -2.31. The smallest absolute Gasteiger partial charge is 0.305 e. The van der Waals surface area contributed by atoms with Crippen LogP contribution in [0.1, 0.15) is 35.6 Å². The SMILES string of the molecule is O=C(COc1ccccc1C1c2sc(=O)[nH]c2SC2C(=O)N(c3ccccc3)C(=O)C21)N1CCCCC1. The maximum atomic E-state index is 13.8. The summed E-state index contributed by atoms with van der Waals surface area (Å²) in [6, 6.07) is 16.2. The van der Waals surface area contributed by atoms with Gasteiger partial charge in [-0.1, -0.05) is 59.5 Å². The molecule has 10 heteroatoms. The molecule has 2 fully saturated rings. The first-order valence-electron chi connectivity index (χ1n) is 12.3. The van der Waals surface area contributed by atoms with Crippen LogP contribution in [-0.4, -0.2) is 52.6 Å². The number of imide groups is 1. The summed E-state index contributed by atoms with van der Waals surface area (Å²) in [5.41, 5.74) is 1.22. The van der Waals surface area contributed by atoms with Crippen LogP contribution in [0.2, 0.25) is 0 Å². The van der Waals surface area contributed by atoms with Crippen molar-refractivity contribution < 1.29 is 19.1 Å². The van der Waals surface area contributed by atoms with Crippen molar-refractivity contribution in [2.45, 2.75) is 35.5 Å². The van der Waals surface area contributed by atoms with Crippen LogP contribution in [0.3, 0.4) is 0 Å². The topological polar surface area (TPSA) is 99.8 Å². The zero-order valence-corrected chi connectivity index (χ0v) is 21.6. The molecule has 6 rings (SSSR count). The summed E-state index contributed by atoms with van der Waals surface area (Å²) in [4.78, 5) is 58.9. The fourth-order valence-electron chi connectivity index (χ4n) is 5.43. The molecular formula is C27H25N3O5S2. The number of fused-ring (bicyclic) bond motifs is 2. The van der Waals surface area contributed by atoms with Gasteiger partial charge in [0, 0.05) is 29.4 Å². The Bertz CT molecular complexity index is 1410. The molecule has 0 bridgehead atoms. The third-order valence-corrected chi connectivity index (χ3v) is 9.55. The lowest BCUT2D eigenvalue weighted by atomic mass is 9.82. The fourth-order valence-corrected chi connectivity index (χ4v) is 7.93. The molecule has 3 unspecified atom stereocenters. The van der Waals surface area contributed by atoms with E-state index in [-0.39, 0.29) is 29.2 Å². The maximum Gasteiger partial charge on any atom is 0.305 e. The number of likely N-dealkylation sites (tertiary alicyclic amines) is 1. The number of carbonyl (C=O) groups excluding carboxylic acids is 3. The molecule has 0 radical (unpaired) electrons. The molecule has 1 N–H and O–H groups in total. The number of aromatic amines is 1. The molecule has 3 aliphatic rings. The number of para-hydroxylation sites is 2. The first-order chi connectivity index (χ1) is 18.0. The number of carbonyl (C=O) groups is 3. The van der Waals surface area contributed by atoms with Gasteiger partial charge in [-0.15, -0.1) is 0 Å². The van der Waals surface area contributed by atoms with E-state index in [0.29, 0.717) is 26.9 Å². The molecule has 0 saturated carbocycles. The highest BCUT2D eigenvalue weighted by Crippen LogP contribution is 2.54. The molecular weight excluding hydrogens is 510 g/mol. The van der Waals surface area contributed by atoms with Gasteiger partial charge in [0.25, 0.3) is 5.91 Å². The Balaban J connectivity index is 1.37. The number of hydrogen-bond acceptors (Lipinski definition) is 7. The summed E-state index contributed by atoms with van der Waals surface area (Å²) >= 11 is 2.29. The van der Waals surface area contributed by atoms with E-state index in [1.54, 1.807) is 30.3 Å². The van der Waals surface area contributed by atoms with E-state index in [4.69, 9.17) is 4.74 Å². The molecule has 3 aliphatic heterocycles. The second-order valence-corrected chi connectivity index (χ2v) is 11.5. The van der Waals surface area contributed by atoms with Gasteiger partial charge in [0.05, 0.1) is 16.6 Å². The fraction of sp³-hybridized carbons (Fsp3) is 0.333. The highest BCUT2D eigenvalue weighted by molar-refractivity contribution is 8.00. The second-order valence-electron chi connectivity index (χ2n) is 9.37. The first-order valence-corrected chi connectivity index (χ1v) is 14.0. The number of thioether (sulfide) groups is 1. The predicted octanol–water partition coefficient (Wildman–Crippen LogP) is 3.62. The van der Waals surface area contributed by atoms with E-state index in [0.717, 1.165) is 43.7 Å². The quantitative estimate of drug-likeness (QED) is 0.501. The van der Waals surface area contributed by atoms with Gasteiger partial charge < -0.3 is 14.6 Å². The first kappa shape index (κ1) is 24.0. The van der Waals surface area contributed by atoms with Crippen LogP contribution in [0, 0.1) is 5.92 Å². The average molecular weight is 536 g/mol. The van der Waals surface area contributed by atoms with Gasteiger partial charge >= 0.3 is 4.87 Å². The van der Waals surface area contributed by atoms with Crippen LogP contribution in [0.5, 0.6) is 5.75 Å². The van der Waals surface area contributed by atoms with E-state index >= 15 is 0 Å². The minimum Gasteiger partial charge on any atom is -0.483 e. The van der Waals surface area contributed by atoms with E-state index in [2.05, 4.69) is 4.98 Å². The van der Waals surface area contributed by atoms with Gasteiger partial charge in [-0.3, -0.25) is 19.2 Å². The molecule has 37 heavy (non-hydrogen) atoms. The monoisotopic (exact) mass is 535 g/mol. The molecule has 3 atom stereocenters. The minimum absolute atomic E-state index is 0.0686. The maximum absolute atomic E-state index is 13.8. The number of hydrogen-bond donors (Lipinski definition) is 1. The molecule has 3 aromatic rings. The normalized spacial score (nSPS) is 23.1. The summed E-state index contributed by atoms with van der Waals surface area (Å²) in [5.74, 6) is -1.46. The Labute approximate surface area is 221 Å². The van der Waals surface area contributed by atoms with Crippen molar-refractivity contribution in [3.05, 3.63) is 74.7 Å². The molecule has 0 aliphatic carbocycles. The number of thiazole rings is 1. The van der Waals surface area contributed by atoms with Gasteiger partial charge in [0.15, 0.2) is 6.61 Å². The summed E-state index contributed by atoms with van der Waals surface area (Å²) in [5, 5.41) is -0.0741. The largest absolute Gasteiger partial charge is 0.483 e.